The van der Waals surface area contributed by atoms with Crippen LogP contribution >= 0.6 is 0 Å². The van der Waals surface area contributed by atoms with E-state index in [1.807, 2.05) is 0 Å². The lowest BCUT2D eigenvalue weighted by Crippen LogP contribution is -2.68. The molecule has 2 fully saturated rings. The van der Waals surface area contributed by atoms with E-state index in [2.05, 4.69) is 38.3 Å². The molecule has 1 saturated heterocycles. The number of nitrogens with one attached hydrogen (secondary N) is 2. The quantitative estimate of drug-likeness (QED) is 0.816. The lowest BCUT2D eigenvalue weighted by Gasteiger charge is -2.56. The van der Waals surface area contributed by atoms with Crippen molar-refractivity contribution < 1.29 is 9.53 Å². The van der Waals surface area contributed by atoms with Crippen LogP contribution in [0, 0.1) is 17.3 Å². The molecule has 1 aliphatic carbocycles. The molecule has 3 unspecified atom stereocenters. The Hall–Kier alpha value is -0.610. The minimum absolute atomic E-state index is 0.0301. The first-order valence-electron chi connectivity index (χ1n) is 7.44. The molecule has 1 aliphatic heterocycles. The maximum absolute atomic E-state index is 12.4. The van der Waals surface area contributed by atoms with Crippen molar-refractivity contribution in [2.24, 2.45) is 17.3 Å². The zero-order valence-electron chi connectivity index (χ0n) is 12.8. The number of amides is 1. The largest absolute Gasteiger partial charge is 0.380 e. The summed E-state index contributed by atoms with van der Waals surface area (Å²) >= 11 is 0. The van der Waals surface area contributed by atoms with Crippen LogP contribution < -0.4 is 10.6 Å². The summed E-state index contributed by atoms with van der Waals surface area (Å²) in [6.07, 6.45) is 2.14. The van der Waals surface area contributed by atoms with Gasteiger partial charge in [0.15, 0.2) is 0 Å². The summed E-state index contributed by atoms with van der Waals surface area (Å²) in [6, 6.07) is 0.679. The van der Waals surface area contributed by atoms with Gasteiger partial charge in [0, 0.05) is 36.4 Å². The molecule has 1 heterocycles. The van der Waals surface area contributed by atoms with E-state index >= 15 is 0 Å². The summed E-state index contributed by atoms with van der Waals surface area (Å²) < 4.78 is 5.53. The van der Waals surface area contributed by atoms with Crippen LogP contribution in [0.15, 0.2) is 0 Å². The van der Waals surface area contributed by atoms with Crippen LogP contribution in [0.4, 0.5) is 0 Å². The van der Waals surface area contributed by atoms with Crippen molar-refractivity contribution in [2.45, 2.75) is 58.7 Å². The number of rotatable bonds is 3. The van der Waals surface area contributed by atoms with Crippen LogP contribution in [0.1, 0.15) is 40.5 Å². The summed E-state index contributed by atoms with van der Waals surface area (Å²) in [4.78, 5) is 12.4. The average Bonchev–Trinajstić information content (AvgIpc) is 2.35. The van der Waals surface area contributed by atoms with Gasteiger partial charge in [-0.1, -0.05) is 20.8 Å². The van der Waals surface area contributed by atoms with Gasteiger partial charge >= 0.3 is 0 Å². The van der Waals surface area contributed by atoms with Gasteiger partial charge in [0.2, 0.25) is 5.91 Å². The monoisotopic (exact) mass is 268 g/mol. The Morgan fingerprint density at radius 3 is 2.58 bits per heavy atom. The number of piperidine rings is 1. The maximum atomic E-state index is 12.4. The minimum Gasteiger partial charge on any atom is -0.380 e. The van der Waals surface area contributed by atoms with E-state index in [9.17, 15) is 4.79 Å². The van der Waals surface area contributed by atoms with Gasteiger partial charge in [-0.25, -0.2) is 0 Å². The van der Waals surface area contributed by atoms with Gasteiger partial charge < -0.3 is 15.4 Å². The zero-order chi connectivity index (χ0) is 14.2. The van der Waals surface area contributed by atoms with Crippen LogP contribution in [-0.4, -0.2) is 37.7 Å². The van der Waals surface area contributed by atoms with E-state index in [1.165, 1.54) is 0 Å². The van der Waals surface area contributed by atoms with E-state index in [0.29, 0.717) is 12.0 Å². The number of methoxy groups -OCH3 is 1. The van der Waals surface area contributed by atoms with Crippen LogP contribution in [0.25, 0.3) is 0 Å². The highest BCUT2D eigenvalue weighted by molar-refractivity contribution is 5.79. The Morgan fingerprint density at radius 2 is 2.05 bits per heavy atom. The Kier molecular flexibility index (Phi) is 4.21. The summed E-state index contributed by atoms with van der Waals surface area (Å²) in [5, 5.41) is 6.65. The molecule has 0 aromatic rings. The van der Waals surface area contributed by atoms with Crippen LogP contribution in [0.5, 0.6) is 0 Å². The molecule has 1 amide bonds. The van der Waals surface area contributed by atoms with Crippen molar-refractivity contribution in [3.63, 3.8) is 0 Å². The predicted octanol–water partition coefficient (Wildman–Crippen LogP) is 1.55. The summed E-state index contributed by atoms with van der Waals surface area (Å²) in [5.74, 6) is 0.789. The van der Waals surface area contributed by atoms with E-state index in [0.717, 1.165) is 19.4 Å². The Balaban J connectivity index is 1.92. The molecule has 1 saturated carbocycles. The molecule has 2 rings (SSSR count). The van der Waals surface area contributed by atoms with Gasteiger partial charge in [-0.05, 0) is 26.3 Å². The predicted molar refractivity (Wildman–Crippen MR) is 75.9 cm³/mol. The Labute approximate surface area is 116 Å². The summed E-state index contributed by atoms with van der Waals surface area (Å²) in [7, 11) is 1.76. The number of hydrogen-bond acceptors (Lipinski definition) is 3. The van der Waals surface area contributed by atoms with Crippen molar-refractivity contribution in [1.82, 2.24) is 10.6 Å². The standard InChI is InChI=1S/C15H28N2O2/c1-9-8-11(6-7-16-9)14(18)17-12-10(2)13(19-5)15(12,3)4/h9-13,16H,6-8H2,1-5H3,(H,17,18)/t9-,10?,11-,12?,13?/m0/s1. The van der Waals surface area contributed by atoms with E-state index < -0.39 is 0 Å². The van der Waals surface area contributed by atoms with Crippen molar-refractivity contribution in [3.05, 3.63) is 0 Å². The minimum atomic E-state index is 0.0301. The van der Waals surface area contributed by atoms with Gasteiger partial charge in [0.05, 0.1) is 6.10 Å². The molecule has 110 valence electrons. The van der Waals surface area contributed by atoms with Gasteiger partial charge in [0.25, 0.3) is 0 Å². The normalized spacial score (nSPS) is 41.4. The van der Waals surface area contributed by atoms with Gasteiger partial charge in [-0.3, -0.25) is 4.79 Å². The average molecular weight is 268 g/mol. The van der Waals surface area contributed by atoms with Gasteiger partial charge in [0.1, 0.15) is 0 Å². The highest BCUT2D eigenvalue weighted by atomic mass is 16.5. The third-order valence-corrected chi connectivity index (χ3v) is 5.08. The SMILES string of the molecule is COC1C(C)C(NC(=O)[C@H]2CCN[C@@H](C)C2)C1(C)C. The molecule has 4 heteroatoms. The van der Waals surface area contributed by atoms with Gasteiger partial charge in [-0.2, -0.15) is 0 Å². The van der Waals surface area contributed by atoms with Crippen LogP contribution in [-0.2, 0) is 9.53 Å². The summed E-state index contributed by atoms with van der Waals surface area (Å²) in [6.45, 7) is 9.61. The fourth-order valence-corrected chi connectivity index (χ4v) is 4.07. The first-order valence-corrected chi connectivity index (χ1v) is 7.44. The molecular formula is C15H28N2O2. The fourth-order valence-electron chi connectivity index (χ4n) is 4.07. The lowest BCUT2D eigenvalue weighted by atomic mass is 9.57. The van der Waals surface area contributed by atoms with E-state index in [4.69, 9.17) is 4.74 Å². The molecule has 19 heavy (non-hydrogen) atoms. The highest BCUT2D eigenvalue weighted by Gasteiger charge is 2.55. The topological polar surface area (TPSA) is 50.4 Å². The highest BCUT2D eigenvalue weighted by Crippen LogP contribution is 2.47. The molecule has 0 radical (unpaired) electrons. The van der Waals surface area contributed by atoms with Crippen molar-refractivity contribution >= 4 is 5.91 Å². The smallest absolute Gasteiger partial charge is 0.223 e. The first-order chi connectivity index (χ1) is 8.87. The second-order valence-corrected chi connectivity index (χ2v) is 6.90. The number of hydrogen-bond donors (Lipinski definition) is 2. The second-order valence-electron chi connectivity index (χ2n) is 6.90. The number of carbonyl (C=O) groups excluding carboxylic acids is 1. The maximum Gasteiger partial charge on any atom is 0.223 e. The van der Waals surface area contributed by atoms with Crippen molar-refractivity contribution in [3.8, 4) is 0 Å². The molecule has 0 aromatic carbocycles. The Morgan fingerprint density at radius 1 is 1.37 bits per heavy atom. The Bertz CT molecular complexity index is 343. The fraction of sp³-hybridized carbons (Fsp3) is 0.933. The third kappa shape index (κ3) is 2.65. The third-order valence-electron chi connectivity index (χ3n) is 5.08. The zero-order valence-corrected chi connectivity index (χ0v) is 12.8. The molecule has 4 nitrogen and oxygen atoms in total. The second kappa shape index (κ2) is 5.41. The van der Waals surface area contributed by atoms with Crippen molar-refractivity contribution in [1.29, 1.82) is 0 Å². The van der Waals surface area contributed by atoms with E-state index in [1.54, 1.807) is 7.11 Å². The molecule has 2 N–H and O–H groups in total. The van der Waals surface area contributed by atoms with E-state index in [-0.39, 0.29) is 29.4 Å². The lowest BCUT2D eigenvalue weighted by molar-refractivity contribution is -0.156. The molecule has 0 spiro atoms. The number of carbonyl (C=O) groups is 1. The van der Waals surface area contributed by atoms with Crippen molar-refractivity contribution in [2.75, 3.05) is 13.7 Å². The van der Waals surface area contributed by atoms with Crippen LogP contribution in [0.2, 0.25) is 0 Å². The van der Waals surface area contributed by atoms with Crippen LogP contribution in [0.3, 0.4) is 0 Å². The molecule has 2 aliphatic rings. The number of ether oxygens (including phenoxy) is 1. The molecule has 0 aromatic heterocycles. The summed E-state index contributed by atoms with van der Waals surface area (Å²) in [5.41, 5.74) is 0.0301. The first kappa shape index (κ1) is 14.8. The molecular weight excluding hydrogens is 240 g/mol. The van der Waals surface area contributed by atoms with Gasteiger partial charge in [-0.15, -0.1) is 0 Å². The molecule has 0 bridgehead atoms. The molecule has 5 atom stereocenters.